The summed E-state index contributed by atoms with van der Waals surface area (Å²) in [6.45, 7) is 7.71. The predicted molar refractivity (Wildman–Crippen MR) is 176 cm³/mol. The lowest BCUT2D eigenvalue weighted by Gasteiger charge is -2.45. The number of amides is 1. The lowest BCUT2D eigenvalue weighted by molar-refractivity contribution is 0.0456. The van der Waals surface area contributed by atoms with Crippen molar-refractivity contribution < 1.29 is 23.1 Å². The number of hydrogen-bond donors (Lipinski definition) is 3. The van der Waals surface area contributed by atoms with Gasteiger partial charge in [-0.05, 0) is 98.2 Å². The number of carbonyl (C=O) groups excluding carboxylic acids is 1. The molecule has 0 unspecified atom stereocenters. The van der Waals surface area contributed by atoms with E-state index in [4.69, 9.17) is 16.3 Å². The van der Waals surface area contributed by atoms with Crippen LogP contribution in [0.4, 0.5) is 5.69 Å². The molecule has 4 atom stereocenters. The summed E-state index contributed by atoms with van der Waals surface area (Å²) in [6.07, 6.45) is 12.4. The number of nitrogens with zero attached hydrogens (tertiary/aromatic N) is 1. The normalized spacial score (nSPS) is 23.7. The van der Waals surface area contributed by atoms with E-state index in [0.29, 0.717) is 31.9 Å². The summed E-state index contributed by atoms with van der Waals surface area (Å²) in [5, 5.41) is 11.7. The number of anilines is 1. The van der Waals surface area contributed by atoms with Crippen LogP contribution in [0.2, 0.25) is 5.02 Å². The van der Waals surface area contributed by atoms with Gasteiger partial charge in [-0.25, -0.2) is 4.72 Å². The van der Waals surface area contributed by atoms with Gasteiger partial charge in [-0.2, -0.15) is 13.1 Å². The van der Waals surface area contributed by atoms with Crippen LogP contribution in [0.25, 0.3) is 0 Å². The van der Waals surface area contributed by atoms with Crippen molar-refractivity contribution in [3.8, 4) is 5.75 Å². The van der Waals surface area contributed by atoms with Crippen LogP contribution in [0, 0.1) is 11.8 Å². The Morgan fingerprint density at radius 1 is 1.25 bits per heavy atom. The fourth-order valence-electron chi connectivity index (χ4n) is 6.87. The van der Waals surface area contributed by atoms with Gasteiger partial charge in [-0.1, -0.05) is 49.2 Å². The molecule has 0 aromatic heterocycles. The molecule has 1 saturated carbocycles. The second-order valence-electron chi connectivity index (χ2n) is 12.4. The van der Waals surface area contributed by atoms with Crippen LogP contribution >= 0.6 is 11.6 Å². The average molecular weight is 642 g/mol. The zero-order valence-corrected chi connectivity index (χ0v) is 27.0. The Labute approximate surface area is 266 Å². The van der Waals surface area contributed by atoms with Gasteiger partial charge >= 0.3 is 10.2 Å². The van der Waals surface area contributed by atoms with Crippen molar-refractivity contribution >= 4 is 33.4 Å². The van der Waals surface area contributed by atoms with Crippen molar-refractivity contribution in [2.75, 3.05) is 31.1 Å². The van der Waals surface area contributed by atoms with E-state index in [9.17, 15) is 18.3 Å². The third-order valence-electron chi connectivity index (χ3n) is 9.33. The van der Waals surface area contributed by atoms with Crippen LogP contribution < -0.4 is 19.1 Å². The number of unbranched alkanes of at least 4 members (excludes halogenated alkanes) is 1. The fraction of sp³-hybridized carbons (Fsp3) is 0.500. The second-order valence-corrected chi connectivity index (χ2v) is 14.3. The van der Waals surface area contributed by atoms with E-state index in [1.165, 1.54) is 11.1 Å². The van der Waals surface area contributed by atoms with Gasteiger partial charge < -0.3 is 14.7 Å². The van der Waals surface area contributed by atoms with Crippen LogP contribution in [0.5, 0.6) is 5.75 Å². The van der Waals surface area contributed by atoms with E-state index in [1.54, 1.807) is 24.3 Å². The highest BCUT2D eigenvalue weighted by Crippen LogP contribution is 2.46. The Kier molecular flexibility index (Phi) is 10.4. The van der Waals surface area contributed by atoms with Crippen molar-refractivity contribution in [3.63, 3.8) is 0 Å². The topological polar surface area (TPSA) is 108 Å². The number of benzene rings is 2. The summed E-state index contributed by atoms with van der Waals surface area (Å²) in [7, 11) is -4.03. The van der Waals surface area contributed by atoms with Gasteiger partial charge in [0.15, 0.2) is 0 Å². The molecule has 238 valence electrons. The van der Waals surface area contributed by atoms with Crippen LogP contribution in [-0.4, -0.2) is 51.8 Å². The van der Waals surface area contributed by atoms with Crippen LogP contribution in [-0.2, 0) is 22.0 Å². The molecule has 10 heteroatoms. The molecule has 1 aliphatic heterocycles. The molecule has 8 nitrogen and oxygen atoms in total. The quantitative estimate of drug-likeness (QED) is 0.203. The summed E-state index contributed by atoms with van der Waals surface area (Å²) in [5.74, 6) is 0.362. The molecule has 5 rings (SSSR count). The first-order valence-corrected chi connectivity index (χ1v) is 17.6. The Balaban J connectivity index is 1.46. The summed E-state index contributed by atoms with van der Waals surface area (Å²) in [5.41, 5.74) is 3.19. The molecule has 1 heterocycles. The van der Waals surface area contributed by atoms with Gasteiger partial charge in [0, 0.05) is 35.6 Å². The second kappa shape index (κ2) is 14.1. The van der Waals surface area contributed by atoms with E-state index in [2.05, 4.69) is 46.1 Å². The van der Waals surface area contributed by atoms with Crippen molar-refractivity contribution in [2.45, 2.75) is 69.8 Å². The number of aliphatic hydroxyl groups excluding tert-OH is 1. The van der Waals surface area contributed by atoms with Crippen molar-refractivity contribution in [3.05, 3.63) is 82.9 Å². The Hall–Kier alpha value is -2.85. The third kappa shape index (κ3) is 7.33. The molecule has 1 spiro atoms. The average Bonchev–Trinajstić information content (AvgIpc) is 3.12. The number of ether oxygens (including phenoxy) is 1. The number of hydrogen-bond acceptors (Lipinski definition) is 6. The molecule has 1 fully saturated rings. The predicted octanol–water partition coefficient (Wildman–Crippen LogP) is 5.70. The van der Waals surface area contributed by atoms with Gasteiger partial charge in [-0.3, -0.25) is 4.79 Å². The van der Waals surface area contributed by atoms with E-state index in [0.717, 1.165) is 55.7 Å². The van der Waals surface area contributed by atoms with Crippen molar-refractivity contribution in [2.24, 2.45) is 11.8 Å². The van der Waals surface area contributed by atoms with E-state index in [-0.39, 0.29) is 29.4 Å². The minimum absolute atomic E-state index is 0.148. The maximum Gasteiger partial charge on any atom is 0.301 e. The maximum absolute atomic E-state index is 13.2. The molecular weight excluding hydrogens is 598 g/mol. The Bertz CT molecular complexity index is 1500. The maximum atomic E-state index is 13.2. The number of fused-ring (bicyclic) bond motifs is 3. The Morgan fingerprint density at radius 2 is 2.09 bits per heavy atom. The molecule has 2 aliphatic carbocycles. The smallest absolute Gasteiger partial charge is 0.301 e. The van der Waals surface area contributed by atoms with Crippen molar-refractivity contribution in [1.82, 2.24) is 9.44 Å². The van der Waals surface area contributed by atoms with Gasteiger partial charge in [0.25, 0.3) is 5.91 Å². The van der Waals surface area contributed by atoms with Crippen LogP contribution in [0.15, 0.2) is 61.2 Å². The lowest BCUT2D eigenvalue weighted by Crippen LogP contribution is -2.49. The number of carbonyl (C=O) groups is 1. The number of halogens is 1. The highest BCUT2D eigenvalue weighted by atomic mass is 35.5. The molecule has 3 N–H and O–H groups in total. The first kappa shape index (κ1) is 32.5. The molecule has 2 aromatic carbocycles. The molecule has 1 amide bonds. The molecular formula is C34H44ClN3O5S. The van der Waals surface area contributed by atoms with Gasteiger partial charge in [0.2, 0.25) is 0 Å². The Morgan fingerprint density at radius 3 is 2.84 bits per heavy atom. The zero-order chi connectivity index (χ0) is 31.3. The number of allylic oxidation sites excluding steroid dienone is 1. The zero-order valence-electron chi connectivity index (χ0n) is 25.4. The molecule has 44 heavy (non-hydrogen) atoms. The number of aliphatic hydroxyl groups is 1. The highest BCUT2D eigenvalue weighted by Gasteiger charge is 2.44. The highest BCUT2D eigenvalue weighted by molar-refractivity contribution is 7.88. The molecule has 0 radical (unpaired) electrons. The number of aryl methyl sites for hydroxylation is 1. The van der Waals surface area contributed by atoms with E-state index in [1.807, 2.05) is 12.1 Å². The molecule has 0 saturated heterocycles. The standard InChI is InChI=1S/C34H44ClN3O5S/c1-3-5-7-10-31(39)28-14-11-26(28)21-38-22-34(17-8-9-24-19-27(35)13-15-29(24)34)23-43-32-16-12-25(20-30(32)38)33(40)37-44(41,42)36-18-6-4-2/h4,7,10,12-13,15-16,19-20,26,28,31,36,39H,2-3,5-6,8-9,11,14,17-18,21-23H2,1H3,(H,37,40)/b10-7+/t26-,28+,31-,34-/m0/s1. The summed E-state index contributed by atoms with van der Waals surface area (Å²) in [6, 6.07) is 11.2. The monoisotopic (exact) mass is 641 g/mol. The van der Waals surface area contributed by atoms with Gasteiger partial charge in [0.1, 0.15) is 5.75 Å². The number of rotatable bonds is 12. The van der Waals surface area contributed by atoms with Crippen LogP contribution in [0.3, 0.4) is 0 Å². The SMILES string of the molecule is C=CCCNS(=O)(=O)NC(=O)c1ccc2c(c1)N(C[C@@H]1CC[C@H]1[C@@H](O)/C=C/CCC)C[C@@]1(CCCc3cc(Cl)ccc31)CO2. The molecule has 0 bridgehead atoms. The summed E-state index contributed by atoms with van der Waals surface area (Å²) in [4.78, 5) is 15.5. The van der Waals surface area contributed by atoms with Crippen LogP contribution in [0.1, 0.15) is 73.4 Å². The van der Waals surface area contributed by atoms with Gasteiger partial charge in [-0.15, -0.1) is 6.58 Å². The minimum atomic E-state index is -4.03. The molecule has 3 aliphatic rings. The third-order valence-corrected chi connectivity index (χ3v) is 10.6. The van der Waals surface area contributed by atoms with Crippen molar-refractivity contribution in [1.29, 1.82) is 0 Å². The first-order chi connectivity index (χ1) is 21.1. The summed E-state index contributed by atoms with van der Waals surface area (Å²) >= 11 is 6.39. The molecule has 2 aromatic rings. The fourth-order valence-corrected chi connectivity index (χ4v) is 7.88. The minimum Gasteiger partial charge on any atom is -0.490 e. The lowest BCUT2D eigenvalue weighted by atomic mass is 9.68. The van der Waals surface area contributed by atoms with E-state index >= 15 is 0 Å². The first-order valence-electron chi connectivity index (χ1n) is 15.7. The van der Waals surface area contributed by atoms with E-state index < -0.39 is 22.2 Å². The van der Waals surface area contributed by atoms with Gasteiger partial charge in [0.05, 0.1) is 18.4 Å². The summed E-state index contributed by atoms with van der Waals surface area (Å²) < 4.78 is 36.0. The number of nitrogens with one attached hydrogen (secondary N) is 2. The largest absolute Gasteiger partial charge is 0.490 e.